The van der Waals surface area contributed by atoms with Gasteiger partial charge >= 0.3 is 5.97 Å². The number of nitrogens with one attached hydrogen (secondary N) is 1. The zero-order chi connectivity index (χ0) is 15.6. The van der Waals surface area contributed by atoms with Crippen LogP contribution in [0.15, 0.2) is 24.3 Å². The second-order valence-electron chi connectivity index (χ2n) is 4.54. The largest absolute Gasteiger partial charge is 0.478 e. The number of pyridine rings is 1. The smallest absolute Gasteiger partial charge is 0.338 e. The van der Waals surface area contributed by atoms with Crippen molar-refractivity contribution in [2.24, 2.45) is 0 Å². The van der Waals surface area contributed by atoms with Crippen molar-refractivity contribution in [3.8, 4) is 6.07 Å². The van der Waals surface area contributed by atoms with Crippen molar-refractivity contribution < 1.29 is 14.3 Å². The Bertz CT molecular complexity index is 766. The van der Waals surface area contributed by atoms with Crippen molar-refractivity contribution in [3.05, 3.63) is 52.5 Å². The molecular weight excluding hydrogens is 273 g/mol. The molecular formula is C15H12FN3O2. The van der Waals surface area contributed by atoms with E-state index in [1.807, 2.05) is 6.07 Å². The van der Waals surface area contributed by atoms with Gasteiger partial charge in [-0.15, -0.1) is 0 Å². The van der Waals surface area contributed by atoms with Crippen LogP contribution in [0.5, 0.6) is 0 Å². The van der Waals surface area contributed by atoms with Crippen molar-refractivity contribution in [2.45, 2.75) is 13.8 Å². The lowest BCUT2D eigenvalue weighted by atomic mass is 10.1. The monoisotopic (exact) mass is 285 g/mol. The van der Waals surface area contributed by atoms with E-state index in [-0.39, 0.29) is 0 Å². The summed E-state index contributed by atoms with van der Waals surface area (Å²) in [7, 11) is 0. The summed E-state index contributed by atoms with van der Waals surface area (Å²) in [6, 6.07) is 7.46. The minimum absolute atomic E-state index is 0.317. The van der Waals surface area contributed by atoms with Crippen LogP contribution in [0.1, 0.15) is 27.2 Å². The Morgan fingerprint density at radius 1 is 1.38 bits per heavy atom. The number of nitriles is 1. The number of carbonyl (C=O) groups is 1. The molecule has 1 aromatic heterocycles. The summed E-state index contributed by atoms with van der Waals surface area (Å²) in [5, 5.41) is 20.8. The molecule has 0 spiro atoms. The average molecular weight is 285 g/mol. The number of aromatic nitrogens is 1. The number of aromatic carboxylic acids is 1. The van der Waals surface area contributed by atoms with Crippen molar-refractivity contribution in [2.75, 3.05) is 5.32 Å². The fraction of sp³-hybridized carbons (Fsp3) is 0.133. The van der Waals surface area contributed by atoms with E-state index in [2.05, 4.69) is 10.3 Å². The number of hydrogen-bond donors (Lipinski definition) is 2. The number of rotatable bonds is 3. The normalized spacial score (nSPS) is 10.0. The fourth-order valence-corrected chi connectivity index (χ4v) is 1.97. The number of anilines is 2. The summed E-state index contributed by atoms with van der Waals surface area (Å²) in [5.74, 6) is -1.87. The van der Waals surface area contributed by atoms with E-state index in [1.165, 1.54) is 6.07 Å². The second-order valence-corrected chi connectivity index (χ2v) is 4.54. The molecule has 0 saturated carbocycles. The van der Waals surface area contributed by atoms with Gasteiger partial charge in [-0.2, -0.15) is 5.26 Å². The van der Waals surface area contributed by atoms with E-state index in [0.29, 0.717) is 17.1 Å². The van der Waals surface area contributed by atoms with Crippen molar-refractivity contribution in [1.82, 2.24) is 4.98 Å². The first-order chi connectivity index (χ1) is 9.92. The molecule has 0 aliphatic heterocycles. The van der Waals surface area contributed by atoms with E-state index in [4.69, 9.17) is 10.4 Å². The maximum atomic E-state index is 13.6. The summed E-state index contributed by atoms with van der Waals surface area (Å²) in [4.78, 5) is 15.0. The Balaban J connectivity index is 2.42. The Labute approximate surface area is 120 Å². The van der Waals surface area contributed by atoms with Gasteiger partial charge < -0.3 is 10.4 Å². The topological polar surface area (TPSA) is 86.0 Å². The molecule has 1 heterocycles. The first-order valence-electron chi connectivity index (χ1n) is 6.10. The third-order valence-electron chi connectivity index (χ3n) is 2.92. The van der Waals surface area contributed by atoms with Crippen LogP contribution in [0.2, 0.25) is 0 Å². The van der Waals surface area contributed by atoms with Gasteiger partial charge in [0.25, 0.3) is 0 Å². The van der Waals surface area contributed by atoms with Crippen LogP contribution < -0.4 is 5.32 Å². The van der Waals surface area contributed by atoms with Crippen molar-refractivity contribution in [3.63, 3.8) is 0 Å². The van der Waals surface area contributed by atoms with E-state index >= 15 is 0 Å². The number of halogens is 1. The van der Waals surface area contributed by atoms with Crippen LogP contribution in [0.25, 0.3) is 0 Å². The van der Waals surface area contributed by atoms with E-state index in [1.54, 1.807) is 19.9 Å². The van der Waals surface area contributed by atoms with Crippen LogP contribution >= 0.6 is 0 Å². The summed E-state index contributed by atoms with van der Waals surface area (Å²) in [6.45, 7) is 3.57. The molecule has 6 heteroatoms. The molecule has 0 saturated heterocycles. The van der Waals surface area contributed by atoms with Gasteiger partial charge in [-0.05, 0) is 43.7 Å². The van der Waals surface area contributed by atoms with E-state index in [9.17, 15) is 9.18 Å². The summed E-state index contributed by atoms with van der Waals surface area (Å²) in [5.41, 5.74) is 1.76. The highest BCUT2D eigenvalue weighted by molar-refractivity contribution is 5.88. The minimum Gasteiger partial charge on any atom is -0.478 e. The van der Waals surface area contributed by atoms with Gasteiger partial charge in [-0.25, -0.2) is 14.2 Å². The minimum atomic E-state index is -1.33. The highest BCUT2D eigenvalue weighted by Crippen LogP contribution is 2.23. The third-order valence-corrected chi connectivity index (χ3v) is 2.92. The molecule has 0 amide bonds. The number of carboxylic acid groups (broad SMARTS) is 1. The Morgan fingerprint density at radius 2 is 2.10 bits per heavy atom. The lowest BCUT2D eigenvalue weighted by Gasteiger charge is -2.11. The number of nitrogens with zero attached hydrogens (tertiary/aromatic N) is 2. The summed E-state index contributed by atoms with van der Waals surface area (Å²) < 4.78 is 13.6. The standard InChI is InChI=1S/C15H12FN3O2/c1-8-5-9(2)18-14(12(8)7-17)19-10-3-4-11(15(20)21)13(16)6-10/h3-6H,1-2H3,(H,18,19)(H,20,21). The highest BCUT2D eigenvalue weighted by Gasteiger charge is 2.13. The molecule has 2 N–H and O–H groups in total. The number of carboxylic acids is 1. The quantitative estimate of drug-likeness (QED) is 0.904. The highest BCUT2D eigenvalue weighted by atomic mass is 19.1. The van der Waals surface area contributed by atoms with E-state index < -0.39 is 17.3 Å². The number of hydrogen-bond acceptors (Lipinski definition) is 4. The number of aryl methyl sites for hydroxylation is 2. The van der Waals surface area contributed by atoms with Crippen LogP contribution in [0.3, 0.4) is 0 Å². The van der Waals surface area contributed by atoms with Crippen molar-refractivity contribution in [1.29, 1.82) is 5.26 Å². The Hall–Kier alpha value is -2.94. The molecule has 0 fully saturated rings. The van der Waals surface area contributed by atoms with Crippen LogP contribution in [0.4, 0.5) is 15.9 Å². The predicted octanol–water partition coefficient (Wildman–Crippen LogP) is 3.15. The van der Waals surface area contributed by atoms with Crippen molar-refractivity contribution >= 4 is 17.5 Å². The van der Waals surface area contributed by atoms with Crippen LogP contribution in [0, 0.1) is 31.0 Å². The zero-order valence-electron chi connectivity index (χ0n) is 11.4. The molecule has 1 aromatic carbocycles. The summed E-state index contributed by atoms with van der Waals surface area (Å²) in [6.07, 6.45) is 0. The van der Waals surface area contributed by atoms with Gasteiger partial charge in [0.05, 0.1) is 11.1 Å². The first kappa shape index (κ1) is 14.5. The van der Waals surface area contributed by atoms with Gasteiger partial charge in [-0.3, -0.25) is 0 Å². The molecule has 106 valence electrons. The van der Waals surface area contributed by atoms with Crippen LogP contribution in [-0.4, -0.2) is 16.1 Å². The maximum absolute atomic E-state index is 13.6. The molecule has 0 unspecified atom stereocenters. The molecule has 2 aromatic rings. The van der Waals surface area contributed by atoms with E-state index in [0.717, 1.165) is 23.4 Å². The molecule has 0 radical (unpaired) electrons. The first-order valence-corrected chi connectivity index (χ1v) is 6.10. The Morgan fingerprint density at radius 3 is 2.67 bits per heavy atom. The summed E-state index contributed by atoms with van der Waals surface area (Å²) >= 11 is 0. The molecule has 0 aliphatic carbocycles. The fourth-order valence-electron chi connectivity index (χ4n) is 1.97. The van der Waals surface area contributed by atoms with Gasteiger partial charge in [0.1, 0.15) is 17.7 Å². The van der Waals surface area contributed by atoms with Gasteiger partial charge in [0.15, 0.2) is 0 Å². The molecule has 0 bridgehead atoms. The molecule has 0 atom stereocenters. The molecule has 5 nitrogen and oxygen atoms in total. The second kappa shape index (κ2) is 5.59. The van der Waals surface area contributed by atoms with Gasteiger partial charge in [-0.1, -0.05) is 0 Å². The molecule has 21 heavy (non-hydrogen) atoms. The van der Waals surface area contributed by atoms with Gasteiger partial charge in [0.2, 0.25) is 0 Å². The maximum Gasteiger partial charge on any atom is 0.338 e. The van der Waals surface area contributed by atoms with Crippen LogP contribution in [-0.2, 0) is 0 Å². The predicted molar refractivity (Wildman–Crippen MR) is 75.1 cm³/mol. The number of benzene rings is 1. The van der Waals surface area contributed by atoms with Gasteiger partial charge in [0, 0.05) is 11.4 Å². The Kier molecular flexibility index (Phi) is 3.85. The average Bonchev–Trinajstić information content (AvgIpc) is 2.37. The lowest BCUT2D eigenvalue weighted by molar-refractivity contribution is 0.0692. The lowest BCUT2D eigenvalue weighted by Crippen LogP contribution is -2.04. The SMILES string of the molecule is Cc1cc(C)c(C#N)c(Nc2ccc(C(=O)O)c(F)c2)n1. The third kappa shape index (κ3) is 2.98. The zero-order valence-corrected chi connectivity index (χ0v) is 11.4. The molecule has 2 rings (SSSR count). The molecule has 0 aliphatic rings.